The van der Waals surface area contributed by atoms with Crippen molar-refractivity contribution in [2.45, 2.75) is 65.8 Å². The molecule has 1 aromatic carbocycles. The van der Waals surface area contributed by atoms with Gasteiger partial charge in [0, 0.05) is 11.2 Å². The van der Waals surface area contributed by atoms with E-state index in [2.05, 4.69) is 64.7 Å². The van der Waals surface area contributed by atoms with E-state index in [4.69, 9.17) is 0 Å². The summed E-state index contributed by atoms with van der Waals surface area (Å²) in [5.41, 5.74) is 5.09. The minimum absolute atomic E-state index is 0.166. The summed E-state index contributed by atoms with van der Waals surface area (Å²) >= 11 is 0. The van der Waals surface area contributed by atoms with Gasteiger partial charge in [-0.25, -0.2) is 0 Å². The minimum atomic E-state index is 0.166. The Morgan fingerprint density at radius 1 is 1.11 bits per heavy atom. The molecule has 106 valence electrons. The van der Waals surface area contributed by atoms with Crippen molar-refractivity contribution in [3.63, 3.8) is 0 Å². The third-order valence-electron chi connectivity index (χ3n) is 3.91. The second kappa shape index (κ2) is 6.79. The van der Waals surface area contributed by atoms with Crippen molar-refractivity contribution >= 4 is 5.70 Å². The lowest BCUT2D eigenvalue weighted by Crippen LogP contribution is -2.40. The fourth-order valence-corrected chi connectivity index (χ4v) is 2.72. The van der Waals surface area contributed by atoms with Gasteiger partial charge in [-0.05, 0) is 56.4 Å². The van der Waals surface area contributed by atoms with Crippen LogP contribution in [-0.4, -0.2) is 5.54 Å². The highest BCUT2D eigenvalue weighted by Gasteiger charge is 2.22. The highest BCUT2D eigenvalue weighted by Crippen LogP contribution is 2.24. The molecular formula is C18H29N. The van der Waals surface area contributed by atoms with Gasteiger partial charge >= 0.3 is 0 Å². The van der Waals surface area contributed by atoms with Crippen molar-refractivity contribution < 1.29 is 0 Å². The number of aryl methyl sites for hydroxylation is 2. The minimum Gasteiger partial charge on any atom is -0.380 e. The van der Waals surface area contributed by atoms with Gasteiger partial charge in [0.25, 0.3) is 0 Å². The summed E-state index contributed by atoms with van der Waals surface area (Å²) in [6.07, 6.45) is 4.77. The number of hydrogen-bond donors (Lipinski definition) is 1. The van der Waals surface area contributed by atoms with Crippen LogP contribution in [0.4, 0.5) is 0 Å². The number of rotatable bonds is 7. The molecule has 0 saturated carbocycles. The lowest BCUT2D eigenvalue weighted by molar-refractivity contribution is 0.345. The first kappa shape index (κ1) is 15.8. The summed E-state index contributed by atoms with van der Waals surface area (Å²) < 4.78 is 0. The summed E-state index contributed by atoms with van der Waals surface area (Å²) in [7, 11) is 0. The maximum Gasteiger partial charge on any atom is 0.0345 e. The Morgan fingerprint density at radius 3 is 2.16 bits per heavy atom. The molecule has 1 rings (SSSR count). The SMILES string of the molecule is C=C(NC(C)(CCC)CCC)c1ccc(C)c(C)c1. The molecule has 0 aromatic heterocycles. The molecule has 0 unspecified atom stereocenters. The van der Waals surface area contributed by atoms with Crippen LogP contribution in [0.2, 0.25) is 0 Å². The van der Waals surface area contributed by atoms with Gasteiger partial charge in [-0.1, -0.05) is 45.4 Å². The Morgan fingerprint density at radius 2 is 1.68 bits per heavy atom. The van der Waals surface area contributed by atoms with E-state index in [0.717, 1.165) is 5.70 Å². The van der Waals surface area contributed by atoms with Crippen LogP contribution in [0, 0.1) is 13.8 Å². The molecule has 0 saturated heterocycles. The third kappa shape index (κ3) is 4.41. The summed E-state index contributed by atoms with van der Waals surface area (Å²) in [6.45, 7) is 15.3. The number of hydrogen-bond acceptors (Lipinski definition) is 1. The Labute approximate surface area is 119 Å². The van der Waals surface area contributed by atoms with Crippen LogP contribution in [-0.2, 0) is 0 Å². The molecule has 0 aliphatic heterocycles. The van der Waals surface area contributed by atoms with Crippen LogP contribution in [0.25, 0.3) is 5.70 Å². The van der Waals surface area contributed by atoms with Gasteiger partial charge in [0.1, 0.15) is 0 Å². The second-order valence-electron chi connectivity index (χ2n) is 5.96. The van der Waals surface area contributed by atoms with E-state index in [9.17, 15) is 0 Å². The Hall–Kier alpha value is -1.24. The zero-order chi connectivity index (χ0) is 14.5. The quantitative estimate of drug-likeness (QED) is 0.707. The molecule has 0 atom stereocenters. The lowest BCUT2D eigenvalue weighted by atomic mass is 9.90. The molecule has 0 spiro atoms. The molecule has 1 nitrogen and oxygen atoms in total. The van der Waals surface area contributed by atoms with Gasteiger partial charge in [0.2, 0.25) is 0 Å². The predicted octanol–water partition coefficient (Wildman–Crippen LogP) is 5.22. The second-order valence-corrected chi connectivity index (χ2v) is 5.96. The van der Waals surface area contributed by atoms with Crippen molar-refractivity contribution in [2.24, 2.45) is 0 Å². The van der Waals surface area contributed by atoms with Crippen LogP contribution in [0.5, 0.6) is 0 Å². The normalized spacial score (nSPS) is 11.4. The van der Waals surface area contributed by atoms with E-state index < -0.39 is 0 Å². The van der Waals surface area contributed by atoms with Crippen molar-refractivity contribution in [2.75, 3.05) is 0 Å². The van der Waals surface area contributed by atoms with E-state index in [1.807, 2.05) is 0 Å². The molecule has 0 amide bonds. The summed E-state index contributed by atoms with van der Waals surface area (Å²) in [4.78, 5) is 0. The summed E-state index contributed by atoms with van der Waals surface area (Å²) in [5, 5.41) is 3.66. The van der Waals surface area contributed by atoms with Crippen molar-refractivity contribution in [1.82, 2.24) is 5.32 Å². The van der Waals surface area contributed by atoms with E-state index in [1.165, 1.54) is 42.4 Å². The van der Waals surface area contributed by atoms with Gasteiger partial charge in [-0.15, -0.1) is 0 Å². The Kier molecular flexibility index (Phi) is 5.65. The first-order valence-electron chi connectivity index (χ1n) is 7.46. The highest BCUT2D eigenvalue weighted by molar-refractivity contribution is 5.63. The van der Waals surface area contributed by atoms with Gasteiger partial charge in [0.05, 0.1) is 0 Å². The molecule has 1 N–H and O–H groups in total. The summed E-state index contributed by atoms with van der Waals surface area (Å²) in [6, 6.07) is 6.56. The van der Waals surface area contributed by atoms with E-state index in [1.54, 1.807) is 0 Å². The van der Waals surface area contributed by atoms with E-state index in [0.29, 0.717) is 0 Å². The molecule has 1 heteroatoms. The Bertz CT molecular complexity index is 425. The molecular weight excluding hydrogens is 230 g/mol. The zero-order valence-electron chi connectivity index (χ0n) is 13.3. The molecule has 0 aliphatic carbocycles. The smallest absolute Gasteiger partial charge is 0.0345 e. The van der Waals surface area contributed by atoms with Crippen LogP contribution in [0.1, 0.15) is 63.1 Å². The topological polar surface area (TPSA) is 12.0 Å². The molecule has 0 bridgehead atoms. The van der Waals surface area contributed by atoms with E-state index in [-0.39, 0.29) is 5.54 Å². The monoisotopic (exact) mass is 259 g/mol. The Balaban J connectivity index is 2.84. The maximum atomic E-state index is 4.23. The zero-order valence-corrected chi connectivity index (χ0v) is 13.3. The lowest BCUT2D eigenvalue weighted by Gasteiger charge is -2.33. The van der Waals surface area contributed by atoms with Gasteiger partial charge in [-0.2, -0.15) is 0 Å². The fourth-order valence-electron chi connectivity index (χ4n) is 2.72. The van der Waals surface area contributed by atoms with Crippen LogP contribution >= 0.6 is 0 Å². The number of nitrogens with one attached hydrogen (secondary N) is 1. The summed E-state index contributed by atoms with van der Waals surface area (Å²) in [5.74, 6) is 0. The highest BCUT2D eigenvalue weighted by atomic mass is 15.0. The van der Waals surface area contributed by atoms with Gasteiger partial charge in [-0.3, -0.25) is 0 Å². The average Bonchev–Trinajstić information content (AvgIpc) is 2.32. The molecule has 1 aromatic rings. The molecule has 0 fully saturated rings. The number of benzene rings is 1. The van der Waals surface area contributed by atoms with Crippen molar-refractivity contribution in [3.8, 4) is 0 Å². The third-order valence-corrected chi connectivity index (χ3v) is 3.91. The maximum absolute atomic E-state index is 4.23. The van der Waals surface area contributed by atoms with Gasteiger partial charge in [0.15, 0.2) is 0 Å². The van der Waals surface area contributed by atoms with E-state index >= 15 is 0 Å². The van der Waals surface area contributed by atoms with Crippen LogP contribution in [0.3, 0.4) is 0 Å². The predicted molar refractivity (Wildman–Crippen MR) is 86.3 cm³/mol. The average molecular weight is 259 g/mol. The molecule has 0 radical (unpaired) electrons. The van der Waals surface area contributed by atoms with Gasteiger partial charge < -0.3 is 5.32 Å². The fraction of sp³-hybridized carbons (Fsp3) is 0.556. The first-order chi connectivity index (χ1) is 8.91. The van der Waals surface area contributed by atoms with Crippen molar-refractivity contribution in [1.29, 1.82) is 0 Å². The standard InChI is InChI=1S/C18H29N/c1-7-11-18(6,12-8-2)19-16(5)17-10-9-14(3)15(4)13-17/h9-10,13,19H,5,7-8,11-12H2,1-4,6H3. The largest absolute Gasteiger partial charge is 0.380 e. The molecule has 0 heterocycles. The van der Waals surface area contributed by atoms with Crippen LogP contribution in [0.15, 0.2) is 24.8 Å². The molecule has 0 aliphatic rings. The first-order valence-corrected chi connectivity index (χ1v) is 7.46. The van der Waals surface area contributed by atoms with Crippen LogP contribution < -0.4 is 5.32 Å². The molecule has 19 heavy (non-hydrogen) atoms. The van der Waals surface area contributed by atoms with Crippen molar-refractivity contribution in [3.05, 3.63) is 41.5 Å².